The normalized spacial score (nSPS) is 8.75. The Morgan fingerprint density at radius 1 is 1.50 bits per heavy atom. The van der Waals surface area contributed by atoms with E-state index >= 15 is 0 Å². The third-order valence-corrected chi connectivity index (χ3v) is 1.66. The Labute approximate surface area is 116 Å². The number of allylic oxidation sites excluding steroid dienone is 1. The van der Waals surface area contributed by atoms with Crippen LogP contribution >= 0.6 is 0 Å². The van der Waals surface area contributed by atoms with Crippen molar-refractivity contribution in [3.63, 3.8) is 0 Å². The van der Waals surface area contributed by atoms with Gasteiger partial charge in [0.1, 0.15) is 0 Å². The van der Waals surface area contributed by atoms with Crippen LogP contribution < -0.4 is 56.5 Å². The third kappa shape index (κ3) is 3.03. The van der Waals surface area contributed by atoms with Crippen LogP contribution in [0.4, 0.5) is 0 Å². The van der Waals surface area contributed by atoms with E-state index in [2.05, 4.69) is 6.58 Å². The molecule has 0 saturated heterocycles. The molecule has 0 aliphatic carbocycles. The second kappa shape index (κ2) is 5.94. The van der Waals surface area contributed by atoms with Gasteiger partial charge in [0.25, 0.3) is 0 Å². The molecule has 0 unspecified atom stereocenters. The predicted octanol–water partition coefficient (Wildman–Crippen LogP) is -1.20. The van der Waals surface area contributed by atoms with Gasteiger partial charge in [0.05, 0.1) is 0 Å². The van der Waals surface area contributed by atoms with Crippen molar-refractivity contribution in [2.45, 2.75) is 13.3 Å². The summed E-state index contributed by atoms with van der Waals surface area (Å²) in [7, 11) is 0. The summed E-state index contributed by atoms with van der Waals surface area (Å²) >= 11 is 0. The summed E-state index contributed by atoms with van der Waals surface area (Å²) in [6.07, 6.45) is 2.41. The monoisotopic (exact) mass is 186 g/mol. The smallest absolute Gasteiger partial charge is 0.872 e. The van der Waals surface area contributed by atoms with Gasteiger partial charge in [-0.1, -0.05) is 35.4 Å². The summed E-state index contributed by atoms with van der Waals surface area (Å²) in [4.78, 5) is 0. The zero-order chi connectivity index (χ0) is 8.27. The fourth-order valence-electron chi connectivity index (χ4n) is 1.03. The molecular formula is C10H11KO. The van der Waals surface area contributed by atoms with Crippen LogP contribution in [0.3, 0.4) is 0 Å². The van der Waals surface area contributed by atoms with Gasteiger partial charge in [-0.25, -0.2) is 0 Å². The molecule has 0 aliphatic rings. The van der Waals surface area contributed by atoms with Crippen LogP contribution in [-0.4, -0.2) is 0 Å². The van der Waals surface area contributed by atoms with Gasteiger partial charge in [-0.2, -0.15) is 0 Å². The van der Waals surface area contributed by atoms with Crippen LogP contribution in [0.1, 0.15) is 11.1 Å². The van der Waals surface area contributed by atoms with Crippen LogP contribution in [0.2, 0.25) is 0 Å². The summed E-state index contributed by atoms with van der Waals surface area (Å²) in [6, 6.07) is 5.57. The van der Waals surface area contributed by atoms with Crippen molar-refractivity contribution in [3.05, 3.63) is 42.0 Å². The van der Waals surface area contributed by atoms with Gasteiger partial charge < -0.3 is 5.11 Å². The molecular weight excluding hydrogens is 175 g/mol. The predicted molar refractivity (Wildman–Crippen MR) is 44.5 cm³/mol. The second-order valence-corrected chi connectivity index (χ2v) is 2.56. The molecule has 0 saturated carbocycles. The first-order chi connectivity index (χ1) is 5.25. The first kappa shape index (κ1) is 12.4. The Morgan fingerprint density at radius 2 is 2.17 bits per heavy atom. The van der Waals surface area contributed by atoms with E-state index in [4.69, 9.17) is 0 Å². The standard InChI is InChI=1S/C10H12O.K/c1-3-5-9-7-4-6-8(2)10(9)11;/h3-4,6-7,11H,1,5H2,2H3;/q;+1/p-1. The van der Waals surface area contributed by atoms with Crippen LogP contribution in [0.25, 0.3) is 0 Å². The zero-order valence-corrected chi connectivity index (χ0v) is 10.8. The van der Waals surface area contributed by atoms with Crippen molar-refractivity contribution in [3.8, 4) is 5.75 Å². The molecule has 2 heteroatoms. The van der Waals surface area contributed by atoms with Crippen LogP contribution in [0, 0.1) is 6.92 Å². The minimum atomic E-state index is 0. The molecule has 1 aromatic rings. The molecule has 0 atom stereocenters. The number of rotatable bonds is 2. The van der Waals surface area contributed by atoms with Crippen LogP contribution in [0.5, 0.6) is 5.75 Å². The first-order valence-corrected chi connectivity index (χ1v) is 3.62. The third-order valence-electron chi connectivity index (χ3n) is 1.66. The number of aryl methyl sites for hydroxylation is 1. The molecule has 0 heterocycles. The SMILES string of the molecule is C=CCc1cccc(C)c1[O-].[K+]. The van der Waals surface area contributed by atoms with E-state index in [1.807, 2.05) is 25.1 Å². The molecule has 1 nitrogen and oxygen atoms in total. The molecule has 1 rings (SSSR count). The minimum absolute atomic E-state index is 0. The molecule has 0 aliphatic heterocycles. The van der Waals surface area contributed by atoms with E-state index in [-0.39, 0.29) is 57.1 Å². The second-order valence-electron chi connectivity index (χ2n) is 2.56. The first-order valence-electron chi connectivity index (χ1n) is 3.62. The van der Waals surface area contributed by atoms with Crippen molar-refractivity contribution in [1.82, 2.24) is 0 Å². The number of benzene rings is 1. The molecule has 0 spiro atoms. The topological polar surface area (TPSA) is 23.1 Å². The average Bonchev–Trinajstić information content (AvgIpc) is 1.99. The summed E-state index contributed by atoms with van der Waals surface area (Å²) in [5.74, 6) is 0.146. The van der Waals surface area contributed by atoms with E-state index in [1.54, 1.807) is 6.08 Å². The van der Waals surface area contributed by atoms with E-state index in [0.717, 1.165) is 11.1 Å². The Bertz CT molecular complexity index is 269. The molecule has 0 amide bonds. The Balaban J connectivity index is 0.00000121. The van der Waals surface area contributed by atoms with Crippen molar-refractivity contribution in [1.29, 1.82) is 0 Å². The van der Waals surface area contributed by atoms with Crippen molar-refractivity contribution >= 4 is 0 Å². The van der Waals surface area contributed by atoms with Crippen molar-refractivity contribution < 1.29 is 56.5 Å². The minimum Gasteiger partial charge on any atom is -0.872 e. The maximum atomic E-state index is 11.3. The number of hydrogen-bond acceptors (Lipinski definition) is 1. The molecule has 0 fully saturated rings. The fraction of sp³-hybridized carbons (Fsp3) is 0.200. The van der Waals surface area contributed by atoms with Crippen LogP contribution in [0.15, 0.2) is 30.9 Å². The van der Waals surface area contributed by atoms with Crippen LogP contribution in [-0.2, 0) is 6.42 Å². The van der Waals surface area contributed by atoms with E-state index in [9.17, 15) is 5.11 Å². The summed E-state index contributed by atoms with van der Waals surface area (Å²) in [5.41, 5.74) is 1.64. The van der Waals surface area contributed by atoms with Gasteiger partial charge in [0.15, 0.2) is 0 Å². The average molecular weight is 186 g/mol. The molecule has 0 aromatic heterocycles. The molecule has 12 heavy (non-hydrogen) atoms. The van der Waals surface area contributed by atoms with E-state index in [1.165, 1.54) is 0 Å². The number of hydrogen-bond donors (Lipinski definition) is 0. The van der Waals surface area contributed by atoms with Gasteiger partial charge in [-0.15, -0.1) is 12.3 Å². The maximum absolute atomic E-state index is 11.3. The van der Waals surface area contributed by atoms with Gasteiger partial charge >= 0.3 is 51.4 Å². The summed E-state index contributed by atoms with van der Waals surface area (Å²) in [6.45, 7) is 5.42. The van der Waals surface area contributed by atoms with E-state index < -0.39 is 0 Å². The number of para-hydroxylation sites is 1. The Kier molecular flexibility index (Phi) is 6.14. The molecule has 1 aromatic carbocycles. The summed E-state index contributed by atoms with van der Waals surface area (Å²) in [5, 5.41) is 11.3. The Morgan fingerprint density at radius 3 is 2.75 bits per heavy atom. The molecule has 58 valence electrons. The zero-order valence-electron chi connectivity index (χ0n) is 7.63. The Hall–Kier alpha value is 0.396. The van der Waals surface area contributed by atoms with Gasteiger partial charge in [0, 0.05) is 0 Å². The van der Waals surface area contributed by atoms with Gasteiger partial charge in [0.2, 0.25) is 0 Å². The largest absolute Gasteiger partial charge is 1.00 e. The summed E-state index contributed by atoms with van der Waals surface area (Å²) < 4.78 is 0. The van der Waals surface area contributed by atoms with Gasteiger partial charge in [-0.05, 0) is 13.3 Å². The fourth-order valence-corrected chi connectivity index (χ4v) is 1.03. The van der Waals surface area contributed by atoms with Crippen molar-refractivity contribution in [2.75, 3.05) is 0 Å². The molecule has 0 N–H and O–H groups in total. The van der Waals surface area contributed by atoms with Crippen molar-refractivity contribution in [2.24, 2.45) is 0 Å². The maximum Gasteiger partial charge on any atom is 1.00 e. The molecule has 0 radical (unpaired) electrons. The van der Waals surface area contributed by atoms with Gasteiger partial charge in [-0.3, -0.25) is 0 Å². The van der Waals surface area contributed by atoms with E-state index in [0.29, 0.717) is 6.42 Å². The molecule has 0 bridgehead atoms. The quantitative estimate of drug-likeness (QED) is 0.420.